The van der Waals surface area contributed by atoms with Crippen molar-refractivity contribution in [2.75, 3.05) is 11.9 Å². The van der Waals surface area contributed by atoms with Crippen LogP contribution in [-0.4, -0.2) is 12.5 Å². The average molecular weight is 387 g/mol. The predicted octanol–water partition coefficient (Wildman–Crippen LogP) is 4.77. The van der Waals surface area contributed by atoms with Crippen LogP contribution in [-0.2, 0) is 4.79 Å². The summed E-state index contributed by atoms with van der Waals surface area (Å²) >= 11 is 3.53. The topological polar surface area (TPSA) is 62.1 Å². The number of hydrogen-bond donors (Lipinski definition) is 1. The summed E-state index contributed by atoms with van der Waals surface area (Å²) in [6, 6.07) is 12.7. The van der Waals surface area contributed by atoms with Gasteiger partial charge in [0, 0.05) is 10.2 Å². The van der Waals surface area contributed by atoms with Gasteiger partial charge in [-0.3, -0.25) is 4.79 Å². The first-order valence-electron chi connectivity index (χ1n) is 7.63. The van der Waals surface area contributed by atoms with E-state index >= 15 is 0 Å². The molecule has 124 valence electrons. The van der Waals surface area contributed by atoms with Crippen LogP contribution in [0.5, 0.6) is 5.75 Å². The summed E-state index contributed by atoms with van der Waals surface area (Å²) in [4.78, 5) is 12.1. The van der Waals surface area contributed by atoms with Gasteiger partial charge in [-0.15, -0.1) is 0 Å². The third kappa shape index (κ3) is 4.59. The Morgan fingerprint density at radius 1 is 1.29 bits per heavy atom. The molecule has 2 aromatic rings. The van der Waals surface area contributed by atoms with Crippen molar-refractivity contribution >= 4 is 27.5 Å². The van der Waals surface area contributed by atoms with E-state index in [0.717, 1.165) is 21.3 Å². The summed E-state index contributed by atoms with van der Waals surface area (Å²) in [5.41, 5.74) is 3.30. The number of benzene rings is 2. The van der Waals surface area contributed by atoms with Gasteiger partial charge in [0.15, 0.2) is 6.61 Å². The van der Waals surface area contributed by atoms with Gasteiger partial charge in [0.05, 0.1) is 11.6 Å². The number of hydrogen-bond acceptors (Lipinski definition) is 3. The fourth-order valence-electron chi connectivity index (χ4n) is 2.22. The maximum absolute atomic E-state index is 12.1. The van der Waals surface area contributed by atoms with E-state index in [1.165, 1.54) is 0 Å². The predicted molar refractivity (Wildman–Crippen MR) is 98.2 cm³/mol. The molecule has 5 heteroatoms. The van der Waals surface area contributed by atoms with E-state index in [4.69, 9.17) is 10.00 Å². The van der Waals surface area contributed by atoms with Crippen LogP contribution in [0.1, 0.15) is 36.5 Å². The van der Waals surface area contributed by atoms with Crippen LogP contribution in [0, 0.1) is 18.3 Å². The molecule has 0 radical (unpaired) electrons. The van der Waals surface area contributed by atoms with Gasteiger partial charge in [-0.05, 0) is 60.4 Å². The number of nitrogens with zero attached hydrogens (tertiary/aromatic N) is 1. The summed E-state index contributed by atoms with van der Waals surface area (Å²) in [7, 11) is 0. The first-order chi connectivity index (χ1) is 11.4. The van der Waals surface area contributed by atoms with Crippen molar-refractivity contribution in [1.82, 2.24) is 0 Å². The molecule has 2 aromatic carbocycles. The highest BCUT2D eigenvalue weighted by Gasteiger charge is 2.12. The monoisotopic (exact) mass is 386 g/mol. The van der Waals surface area contributed by atoms with Gasteiger partial charge in [-0.1, -0.05) is 29.8 Å². The second kappa shape index (κ2) is 7.98. The Labute approximate surface area is 150 Å². The lowest BCUT2D eigenvalue weighted by Gasteiger charge is -2.16. The molecule has 0 aliphatic heterocycles. The number of anilines is 1. The molecule has 0 bridgehead atoms. The molecular formula is C19H19BrN2O2. The third-order valence-electron chi connectivity index (χ3n) is 3.57. The van der Waals surface area contributed by atoms with Crippen LogP contribution in [0.3, 0.4) is 0 Å². The van der Waals surface area contributed by atoms with Gasteiger partial charge in [0.25, 0.3) is 5.91 Å². The van der Waals surface area contributed by atoms with Crippen molar-refractivity contribution in [3.63, 3.8) is 0 Å². The van der Waals surface area contributed by atoms with Gasteiger partial charge in [0.1, 0.15) is 5.75 Å². The standard InChI is InChI=1S/C19H19BrN2O2/c1-12(2)16-9-17(20)13(3)8-18(16)24-11-19(23)22-15-6-4-14(10-21)5-7-15/h4-9,12H,11H2,1-3H3,(H,22,23). The number of nitriles is 1. The number of rotatable bonds is 5. The zero-order valence-electron chi connectivity index (χ0n) is 13.9. The Balaban J connectivity index is 2.03. The lowest BCUT2D eigenvalue weighted by atomic mass is 10.0. The molecule has 1 N–H and O–H groups in total. The highest BCUT2D eigenvalue weighted by Crippen LogP contribution is 2.32. The molecule has 0 unspecified atom stereocenters. The van der Waals surface area contributed by atoms with Crippen molar-refractivity contribution in [2.45, 2.75) is 26.7 Å². The summed E-state index contributed by atoms with van der Waals surface area (Å²) < 4.78 is 6.76. The van der Waals surface area contributed by atoms with Crippen LogP contribution in [0.25, 0.3) is 0 Å². The molecule has 0 spiro atoms. The van der Waals surface area contributed by atoms with Gasteiger partial charge in [-0.2, -0.15) is 5.26 Å². The Kier molecular flexibility index (Phi) is 5.99. The van der Waals surface area contributed by atoms with Gasteiger partial charge in [0.2, 0.25) is 0 Å². The summed E-state index contributed by atoms with van der Waals surface area (Å²) in [5.74, 6) is 0.772. The van der Waals surface area contributed by atoms with Crippen LogP contribution in [0.15, 0.2) is 40.9 Å². The molecule has 1 amide bonds. The first-order valence-corrected chi connectivity index (χ1v) is 8.43. The van der Waals surface area contributed by atoms with Crippen molar-refractivity contribution in [3.8, 4) is 11.8 Å². The average Bonchev–Trinajstić information content (AvgIpc) is 2.56. The van der Waals surface area contributed by atoms with E-state index in [-0.39, 0.29) is 12.5 Å². The molecule has 4 nitrogen and oxygen atoms in total. The third-order valence-corrected chi connectivity index (χ3v) is 4.42. The number of nitrogens with one attached hydrogen (secondary N) is 1. The van der Waals surface area contributed by atoms with Crippen LogP contribution in [0.4, 0.5) is 5.69 Å². The summed E-state index contributed by atoms with van der Waals surface area (Å²) in [6.45, 7) is 6.08. The van der Waals surface area contributed by atoms with E-state index in [1.54, 1.807) is 24.3 Å². The lowest BCUT2D eigenvalue weighted by Crippen LogP contribution is -2.20. The molecule has 0 saturated carbocycles. The molecular weight excluding hydrogens is 368 g/mol. The Bertz CT molecular complexity index is 777. The van der Waals surface area contributed by atoms with Crippen LogP contribution >= 0.6 is 15.9 Å². The molecule has 0 aromatic heterocycles. The summed E-state index contributed by atoms with van der Waals surface area (Å²) in [6.07, 6.45) is 0. The van der Waals surface area contributed by atoms with Gasteiger partial charge >= 0.3 is 0 Å². The molecule has 0 aliphatic rings. The van der Waals surface area contributed by atoms with Gasteiger partial charge in [-0.25, -0.2) is 0 Å². The van der Waals surface area contributed by atoms with Crippen molar-refractivity contribution in [2.24, 2.45) is 0 Å². The molecule has 0 saturated heterocycles. The molecule has 2 rings (SSSR count). The largest absolute Gasteiger partial charge is 0.483 e. The SMILES string of the molecule is Cc1cc(OCC(=O)Nc2ccc(C#N)cc2)c(C(C)C)cc1Br. The minimum absolute atomic E-state index is 0.0687. The molecule has 24 heavy (non-hydrogen) atoms. The second-order valence-corrected chi connectivity index (χ2v) is 6.67. The van der Waals surface area contributed by atoms with E-state index in [9.17, 15) is 4.79 Å². The van der Waals surface area contributed by atoms with Crippen LogP contribution in [0.2, 0.25) is 0 Å². The highest BCUT2D eigenvalue weighted by molar-refractivity contribution is 9.10. The number of carbonyl (C=O) groups is 1. The quantitative estimate of drug-likeness (QED) is 0.804. The van der Waals surface area contributed by atoms with E-state index in [0.29, 0.717) is 17.2 Å². The Morgan fingerprint density at radius 3 is 2.54 bits per heavy atom. The molecule has 0 heterocycles. The van der Waals surface area contributed by atoms with E-state index in [1.807, 2.05) is 25.1 Å². The van der Waals surface area contributed by atoms with Crippen molar-refractivity contribution in [3.05, 3.63) is 57.6 Å². The minimum atomic E-state index is -0.241. The normalized spacial score (nSPS) is 10.3. The summed E-state index contributed by atoms with van der Waals surface area (Å²) in [5, 5.41) is 11.5. The number of halogens is 1. The zero-order valence-corrected chi connectivity index (χ0v) is 15.5. The second-order valence-electron chi connectivity index (χ2n) is 5.82. The lowest BCUT2D eigenvalue weighted by molar-refractivity contribution is -0.118. The zero-order chi connectivity index (χ0) is 17.7. The van der Waals surface area contributed by atoms with E-state index < -0.39 is 0 Å². The van der Waals surface area contributed by atoms with Crippen LogP contribution < -0.4 is 10.1 Å². The van der Waals surface area contributed by atoms with Gasteiger partial charge < -0.3 is 10.1 Å². The number of ether oxygens (including phenoxy) is 1. The van der Waals surface area contributed by atoms with Crippen molar-refractivity contribution < 1.29 is 9.53 Å². The molecule has 0 aliphatic carbocycles. The number of aryl methyl sites for hydroxylation is 1. The maximum atomic E-state index is 12.1. The Morgan fingerprint density at radius 2 is 1.96 bits per heavy atom. The number of amides is 1. The fraction of sp³-hybridized carbons (Fsp3) is 0.263. The van der Waals surface area contributed by atoms with Crippen molar-refractivity contribution in [1.29, 1.82) is 5.26 Å². The molecule has 0 fully saturated rings. The first kappa shape index (κ1) is 18.0. The highest BCUT2D eigenvalue weighted by atomic mass is 79.9. The molecule has 0 atom stereocenters. The Hall–Kier alpha value is -2.32. The minimum Gasteiger partial charge on any atom is -0.483 e. The fourth-order valence-corrected chi connectivity index (χ4v) is 2.58. The van der Waals surface area contributed by atoms with E-state index in [2.05, 4.69) is 35.1 Å². The maximum Gasteiger partial charge on any atom is 0.262 e. The smallest absolute Gasteiger partial charge is 0.262 e. The number of carbonyl (C=O) groups excluding carboxylic acids is 1.